The number of hydrogen-bond acceptors (Lipinski definition) is 1. The second-order valence-electron chi connectivity index (χ2n) is 6.53. The zero-order valence-electron chi connectivity index (χ0n) is 13.6. The molecular weight excluding hydrogens is 294 g/mol. The lowest BCUT2D eigenvalue weighted by Gasteiger charge is -2.19. The monoisotopic (exact) mass is 314 g/mol. The third-order valence-electron chi connectivity index (χ3n) is 3.76. The van der Waals surface area contributed by atoms with E-state index in [9.17, 15) is 13.6 Å². The van der Waals surface area contributed by atoms with Crippen molar-refractivity contribution >= 4 is 11.4 Å². The lowest BCUT2D eigenvalue weighted by molar-refractivity contribution is 0.0997. The van der Waals surface area contributed by atoms with Crippen molar-refractivity contribution in [3.63, 3.8) is 0 Å². The fourth-order valence-corrected chi connectivity index (χ4v) is 2.34. The number of rotatable bonds is 4. The Morgan fingerprint density at radius 1 is 0.870 bits per heavy atom. The van der Waals surface area contributed by atoms with Gasteiger partial charge in [-0.1, -0.05) is 75.4 Å². The van der Waals surface area contributed by atoms with Crippen LogP contribution in [0.25, 0.3) is 5.57 Å². The van der Waals surface area contributed by atoms with E-state index < -0.39 is 6.08 Å². The van der Waals surface area contributed by atoms with Gasteiger partial charge >= 0.3 is 0 Å². The molecule has 0 heterocycles. The summed E-state index contributed by atoms with van der Waals surface area (Å²) in [5.41, 5.74) is 1.64. The van der Waals surface area contributed by atoms with Crippen molar-refractivity contribution in [1.29, 1.82) is 0 Å². The Balaban J connectivity index is 2.27. The van der Waals surface area contributed by atoms with Crippen molar-refractivity contribution in [1.82, 2.24) is 0 Å². The van der Waals surface area contributed by atoms with Crippen LogP contribution in [0.2, 0.25) is 0 Å². The maximum Gasteiger partial charge on any atom is 0.274 e. The van der Waals surface area contributed by atoms with Crippen LogP contribution in [0.3, 0.4) is 0 Å². The summed E-state index contributed by atoms with van der Waals surface area (Å²) in [6.45, 7) is 6.19. The normalized spacial score (nSPS) is 11.2. The van der Waals surface area contributed by atoms with E-state index in [1.807, 2.05) is 12.1 Å². The van der Waals surface area contributed by atoms with Crippen molar-refractivity contribution < 1.29 is 13.6 Å². The van der Waals surface area contributed by atoms with Crippen molar-refractivity contribution in [2.24, 2.45) is 0 Å². The quantitative estimate of drug-likeness (QED) is 0.645. The van der Waals surface area contributed by atoms with Crippen molar-refractivity contribution in [2.75, 3.05) is 0 Å². The Kier molecular flexibility index (Phi) is 5.09. The molecule has 0 saturated heterocycles. The minimum atomic E-state index is -1.81. The SMILES string of the molecule is CC(C)(C)c1ccc(C(CC(=O)c2ccccc2)=C(F)F)cc1. The molecular formula is C20H20F2O. The van der Waals surface area contributed by atoms with Gasteiger partial charge in [0.1, 0.15) is 0 Å². The van der Waals surface area contributed by atoms with E-state index >= 15 is 0 Å². The molecule has 2 aromatic rings. The third kappa shape index (κ3) is 4.35. The molecule has 0 fully saturated rings. The molecule has 0 aliphatic heterocycles. The second kappa shape index (κ2) is 6.86. The van der Waals surface area contributed by atoms with E-state index in [0.29, 0.717) is 11.1 Å². The van der Waals surface area contributed by atoms with Gasteiger partial charge in [-0.3, -0.25) is 4.79 Å². The summed E-state index contributed by atoms with van der Waals surface area (Å²) < 4.78 is 26.6. The third-order valence-corrected chi connectivity index (χ3v) is 3.76. The molecule has 0 atom stereocenters. The lowest BCUT2D eigenvalue weighted by atomic mass is 9.86. The van der Waals surface area contributed by atoms with E-state index in [4.69, 9.17) is 0 Å². The van der Waals surface area contributed by atoms with Crippen molar-refractivity contribution in [3.05, 3.63) is 77.4 Å². The molecule has 0 bridgehead atoms. The average molecular weight is 314 g/mol. The number of halogens is 2. The molecule has 0 amide bonds. The molecule has 0 unspecified atom stereocenters. The van der Waals surface area contributed by atoms with E-state index in [1.54, 1.807) is 42.5 Å². The second-order valence-corrected chi connectivity index (χ2v) is 6.53. The zero-order valence-corrected chi connectivity index (χ0v) is 13.6. The van der Waals surface area contributed by atoms with E-state index in [1.165, 1.54) is 0 Å². The average Bonchev–Trinajstić information content (AvgIpc) is 2.52. The van der Waals surface area contributed by atoms with Crippen LogP contribution in [0.4, 0.5) is 8.78 Å². The summed E-state index contributed by atoms with van der Waals surface area (Å²) in [5, 5.41) is 0. The summed E-state index contributed by atoms with van der Waals surface area (Å²) in [5.74, 6) is -0.312. The van der Waals surface area contributed by atoms with Gasteiger partial charge < -0.3 is 0 Å². The first-order chi connectivity index (χ1) is 10.8. The fraction of sp³-hybridized carbons (Fsp3) is 0.250. The molecule has 2 rings (SSSR count). The molecule has 0 N–H and O–H groups in total. The summed E-state index contributed by atoms with van der Waals surface area (Å²) in [6.07, 6.45) is -2.11. The zero-order chi connectivity index (χ0) is 17.0. The summed E-state index contributed by atoms with van der Waals surface area (Å²) >= 11 is 0. The number of allylic oxidation sites excluding steroid dienone is 1. The Hall–Kier alpha value is -2.29. The molecule has 0 aliphatic carbocycles. The molecule has 0 spiro atoms. The Morgan fingerprint density at radius 2 is 1.43 bits per heavy atom. The summed E-state index contributed by atoms with van der Waals surface area (Å²) in [4.78, 5) is 12.2. The number of ketones is 1. The minimum absolute atomic E-state index is 0.0451. The van der Waals surface area contributed by atoms with Crippen LogP contribution in [0, 0.1) is 0 Å². The van der Waals surface area contributed by atoms with Gasteiger partial charge in [-0.25, -0.2) is 0 Å². The first-order valence-corrected chi connectivity index (χ1v) is 7.52. The van der Waals surface area contributed by atoms with Crippen LogP contribution in [-0.4, -0.2) is 5.78 Å². The van der Waals surface area contributed by atoms with Crippen LogP contribution in [0.1, 0.15) is 48.7 Å². The topological polar surface area (TPSA) is 17.1 Å². The van der Waals surface area contributed by atoms with E-state index in [0.717, 1.165) is 5.56 Å². The Bertz CT molecular complexity index is 704. The molecule has 1 nitrogen and oxygen atoms in total. The van der Waals surface area contributed by atoms with E-state index in [-0.39, 0.29) is 23.2 Å². The lowest BCUT2D eigenvalue weighted by Crippen LogP contribution is -2.10. The highest BCUT2D eigenvalue weighted by molar-refractivity contribution is 6.02. The number of carbonyl (C=O) groups is 1. The van der Waals surface area contributed by atoms with E-state index in [2.05, 4.69) is 20.8 Å². The molecule has 0 radical (unpaired) electrons. The van der Waals surface area contributed by atoms with Gasteiger partial charge in [-0.15, -0.1) is 0 Å². The van der Waals surface area contributed by atoms with Gasteiger partial charge in [0.25, 0.3) is 6.08 Å². The molecule has 0 aromatic heterocycles. The molecule has 3 heteroatoms. The smallest absolute Gasteiger partial charge is 0.274 e. The predicted octanol–water partition coefficient (Wildman–Crippen LogP) is 5.86. The Labute approximate surface area is 135 Å². The molecule has 0 aliphatic rings. The highest BCUT2D eigenvalue weighted by atomic mass is 19.3. The minimum Gasteiger partial charge on any atom is -0.294 e. The summed E-state index contributed by atoms with van der Waals surface area (Å²) in [6, 6.07) is 15.5. The predicted molar refractivity (Wildman–Crippen MR) is 89.7 cm³/mol. The number of benzene rings is 2. The Morgan fingerprint density at radius 3 is 1.91 bits per heavy atom. The standard InChI is InChI=1S/C20H20F2O/c1-20(2,3)16-11-9-14(10-12-16)17(19(21)22)13-18(23)15-7-5-4-6-8-15/h4-12H,13H2,1-3H3. The maximum absolute atomic E-state index is 13.3. The number of carbonyl (C=O) groups excluding carboxylic acids is 1. The first-order valence-electron chi connectivity index (χ1n) is 7.52. The molecule has 23 heavy (non-hydrogen) atoms. The maximum atomic E-state index is 13.3. The van der Waals surface area contributed by atoms with Crippen LogP contribution in [-0.2, 0) is 5.41 Å². The van der Waals surface area contributed by atoms with Gasteiger partial charge in [0.05, 0.1) is 0 Å². The van der Waals surface area contributed by atoms with Gasteiger partial charge in [-0.05, 0) is 16.5 Å². The largest absolute Gasteiger partial charge is 0.294 e. The van der Waals surface area contributed by atoms with Gasteiger partial charge in [0.2, 0.25) is 0 Å². The number of hydrogen-bond donors (Lipinski definition) is 0. The molecule has 0 saturated carbocycles. The first kappa shape index (κ1) is 17.1. The van der Waals surface area contributed by atoms with Crippen molar-refractivity contribution in [3.8, 4) is 0 Å². The van der Waals surface area contributed by atoms with Crippen molar-refractivity contribution in [2.45, 2.75) is 32.6 Å². The number of Topliss-reactive ketones (excluding diaryl/α,β-unsaturated/α-hetero) is 1. The van der Waals surface area contributed by atoms with Crippen LogP contribution >= 0.6 is 0 Å². The van der Waals surface area contributed by atoms with Crippen LogP contribution < -0.4 is 0 Å². The van der Waals surface area contributed by atoms with Gasteiger partial charge in [-0.2, -0.15) is 8.78 Å². The van der Waals surface area contributed by atoms with Gasteiger partial charge in [0, 0.05) is 17.6 Å². The highest BCUT2D eigenvalue weighted by Crippen LogP contribution is 2.29. The van der Waals surface area contributed by atoms with Crippen LogP contribution in [0.5, 0.6) is 0 Å². The summed E-state index contributed by atoms with van der Waals surface area (Å²) in [7, 11) is 0. The van der Waals surface area contributed by atoms with Gasteiger partial charge in [0.15, 0.2) is 5.78 Å². The highest BCUT2D eigenvalue weighted by Gasteiger charge is 2.17. The fourth-order valence-electron chi connectivity index (χ4n) is 2.34. The molecule has 2 aromatic carbocycles. The van der Waals surface area contributed by atoms with Crippen LogP contribution in [0.15, 0.2) is 60.7 Å². The molecule has 120 valence electrons.